The quantitative estimate of drug-likeness (QED) is 0.641. The number of carbonyl (C=O) groups is 2. The second-order valence-corrected chi connectivity index (χ2v) is 6.94. The molecule has 1 aliphatic rings. The second-order valence-electron chi connectivity index (χ2n) is 6.94. The van der Waals surface area contributed by atoms with Gasteiger partial charge in [0.05, 0.1) is 12.0 Å². The molecule has 3 rings (SSSR count). The molecule has 0 aromatic carbocycles. The number of nitriles is 1. The third-order valence-electron chi connectivity index (χ3n) is 4.81. The minimum absolute atomic E-state index is 0.0436. The van der Waals surface area contributed by atoms with Gasteiger partial charge in [0.25, 0.3) is 5.91 Å². The first kappa shape index (κ1) is 21.9. The van der Waals surface area contributed by atoms with Crippen LogP contribution in [-0.4, -0.2) is 44.2 Å². The molecule has 0 bridgehead atoms. The predicted molar refractivity (Wildman–Crippen MR) is 101 cm³/mol. The van der Waals surface area contributed by atoms with Crippen LogP contribution in [0.4, 0.5) is 13.2 Å². The third kappa shape index (κ3) is 5.03. The Morgan fingerprint density at radius 3 is 2.74 bits per heavy atom. The van der Waals surface area contributed by atoms with E-state index in [1.54, 1.807) is 6.08 Å². The largest absolute Gasteiger partial charge is 0.494 e. The van der Waals surface area contributed by atoms with Crippen molar-refractivity contribution in [1.29, 1.82) is 5.26 Å². The molecule has 0 saturated heterocycles. The average Bonchev–Trinajstić information content (AvgIpc) is 3.10. The van der Waals surface area contributed by atoms with Gasteiger partial charge in [-0.15, -0.1) is 0 Å². The van der Waals surface area contributed by atoms with Gasteiger partial charge >= 0.3 is 12.1 Å². The van der Waals surface area contributed by atoms with E-state index in [9.17, 15) is 33.0 Å². The van der Waals surface area contributed by atoms with E-state index in [0.29, 0.717) is 11.1 Å². The molecule has 0 radical (unpaired) electrons. The minimum Gasteiger partial charge on any atom is -0.494 e. The molecule has 31 heavy (non-hydrogen) atoms. The van der Waals surface area contributed by atoms with Crippen molar-refractivity contribution < 1.29 is 33.0 Å². The lowest BCUT2D eigenvalue weighted by atomic mass is 9.87. The van der Waals surface area contributed by atoms with E-state index in [1.807, 2.05) is 6.07 Å². The topological polar surface area (TPSA) is 128 Å². The summed E-state index contributed by atoms with van der Waals surface area (Å²) in [7, 11) is 0. The van der Waals surface area contributed by atoms with Gasteiger partial charge in [-0.05, 0) is 24.5 Å². The SMILES string of the molecule is N#CC1C=CC(CNC(=O)c2cc(C(=O)O)n3c(O)ccc3n2)=C(CCC(F)(F)F)C1. The molecule has 2 aromatic heterocycles. The molecule has 162 valence electrons. The Hall–Kier alpha value is -3.81. The Labute approximate surface area is 173 Å². The summed E-state index contributed by atoms with van der Waals surface area (Å²) in [6.07, 6.45) is -2.44. The Bertz CT molecular complexity index is 1140. The molecule has 2 aromatic rings. The lowest BCUT2D eigenvalue weighted by Gasteiger charge is -2.20. The number of halogens is 3. The van der Waals surface area contributed by atoms with Gasteiger partial charge in [-0.1, -0.05) is 17.7 Å². The second kappa shape index (κ2) is 8.51. The smallest absolute Gasteiger partial charge is 0.389 e. The van der Waals surface area contributed by atoms with E-state index < -0.39 is 30.4 Å². The normalized spacial score (nSPS) is 16.4. The van der Waals surface area contributed by atoms with Crippen LogP contribution in [0.15, 0.2) is 41.5 Å². The van der Waals surface area contributed by atoms with Crippen LogP contribution >= 0.6 is 0 Å². The number of nitrogens with zero attached hydrogens (tertiary/aromatic N) is 3. The van der Waals surface area contributed by atoms with Crippen LogP contribution < -0.4 is 5.32 Å². The third-order valence-corrected chi connectivity index (χ3v) is 4.81. The van der Waals surface area contributed by atoms with Crippen LogP contribution in [0.25, 0.3) is 5.65 Å². The number of hydrogen-bond acceptors (Lipinski definition) is 5. The summed E-state index contributed by atoms with van der Waals surface area (Å²) in [6, 6.07) is 5.56. The van der Waals surface area contributed by atoms with E-state index in [4.69, 9.17) is 5.26 Å². The molecule has 2 heterocycles. The summed E-state index contributed by atoms with van der Waals surface area (Å²) in [5, 5.41) is 30.7. The Morgan fingerprint density at radius 2 is 2.10 bits per heavy atom. The van der Waals surface area contributed by atoms with Crippen molar-refractivity contribution >= 4 is 17.5 Å². The van der Waals surface area contributed by atoms with E-state index in [0.717, 1.165) is 10.5 Å². The minimum atomic E-state index is -4.35. The molecule has 0 aliphatic heterocycles. The summed E-state index contributed by atoms with van der Waals surface area (Å²) < 4.78 is 38.9. The van der Waals surface area contributed by atoms with Crippen LogP contribution in [0.3, 0.4) is 0 Å². The van der Waals surface area contributed by atoms with Crippen LogP contribution in [0.5, 0.6) is 5.88 Å². The monoisotopic (exact) mass is 434 g/mol. The molecule has 1 atom stereocenters. The van der Waals surface area contributed by atoms with E-state index in [-0.39, 0.29) is 42.3 Å². The Kier molecular flexibility index (Phi) is 6.01. The molecule has 0 fully saturated rings. The highest BCUT2D eigenvalue weighted by molar-refractivity contribution is 5.96. The lowest BCUT2D eigenvalue weighted by molar-refractivity contribution is -0.134. The van der Waals surface area contributed by atoms with Gasteiger partial charge < -0.3 is 15.5 Å². The van der Waals surface area contributed by atoms with Crippen molar-refractivity contribution in [3.8, 4) is 11.9 Å². The number of nitrogens with one attached hydrogen (secondary N) is 1. The summed E-state index contributed by atoms with van der Waals surface area (Å²) in [6.45, 7) is -0.109. The van der Waals surface area contributed by atoms with Crippen LogP contribution in [0.2, 0.25) is 0 Å². The highest BCUT2D eigenvalue weighted by atomic mass is 19.4. The zero-order valence-electron chi connectivity index (χ0n) is 16.0. The van der Waals surface area contributed by atoms with Gasteiger partial charge in [0.2, 0.25) is 0 Å². The Morgan fingerprint density at radius 1 is 1.35 bits per heavy atom. The summed E-state index contributed by atoms with van der Waals surface area (Å²) in [5.74, 6) is -3.01. The number of fused-ring (bicyclic) bond motifs is 1. The number of rotatable bonds is 6. The maximum atomic E-state index is 12.6. The van der Waals surface area contributed by atoms with Crippen molar-refractivity contribution in [3.63, 3.8) is 0 Å². The fourth-order valence-corrected chi connectivity index (χ4v) is 3.28. The predicted octanol–water partition coefficient (Wildman–Crippen LogP) is 3.21. The standard InChI is InChI=1S/C20H17F3N4O4/c21-20(22,23)6-5-12-7-11(9-24)1-2-13(12)10-25-18(29)14-8-15(19(30)31)27-16(26-14)3-4-17(27)28/h1-4,8,11,28H,5-7,10H2,(H,25,29)(H,30,31). The van der Waals surface area contributed by atoms with Crippen molar-refractivity contribution in [2.24, 2.45) is 5.92 Å². The summed E-state index contributed by atoms with van der Waals surface area (Å²) in [4.78, 5) is 28.0. The molecule has 1 aliphatic carbocycles. The van der Waals surface area contributed by atoms with Crippen LogP contribution in [-0.2, 0) is 0 Å². The number of aromatic nitrogens is 2. The molecule has 1 unspecified atom stereocenters. The number of aromatic carboxylic acids is 1. The van der Waals surface area contributed by atoms with Crippen LogP contribution in [0, 0.1) is 17.2 Å². The maximum absolute atomic E-state index is 12.6. The molecule has 0 spiro atoms. The maximum Gasteiger partial charge on any atom is 0.389 e. The zero-order valence-corrected chi connectivity index (χ0v) is 16.0. The fraction of sp³-hybridized carbons (Fsp3) is 0.300. The van der Waals surface area contributed by atoms with Crippen molar-refractivity contribution in [2.75, 3.05) is 6.54 Å². The molecular weight excluding hydrogens is 417 g/mol. The number of carboxylic acid groups (broad SMARTS) is 1. The molecule has 1 amide bonds. The number of carbonyl (C=O) groups excluding carboxylic acids is 1. The average molecular weight is 434 g/mol. The highest BCUT2D eigenvalue weighted by Gasteiger charge is 2.28. The summed E-state index contributed by atoms with van der Waals surface area (Å²) in [5.41, 5.74) is 0.330. The number of carboxylic acids is 1. The first-order valence-electron chi connectivity index (χ1n) is 9.17. The zero-order chi connectivity index (χ0) is 22.8. The molecule has 8 nitrogen and oxygen atoms in total. The first-order valence-corrected chi connectivity index (χ1v) is 9.17. The number of aromatic hydroxyl groups is 1. The first-order chi connectivity index (χ1) is 14.6. The number of alkyl halides is 3. The molecular formula is C20H17F3N4O4. The van der Waals surface area contributed by atoms with Gasteiger partial charge in [-0.3, -0.25) is 9.20 Å². The fourth-order valence-electron chi connectivity index (χ4n) is 3.28. The van der Waals surface area contributed by atoms with Gasteiger partial charge in [0.1, 0.15) is 17.0 Å². The molecule has 11 heteroatoms. The van der Waals surface area contributed by atoms with Gasteiger partial charge in [0, 0.05) is 25.1 Å². The Balaban J connectivity index is 1.81. The number of hydrogen-bond donors (Lipinski definition) is 3. The van der Waals surface area contributed by atoms with Crippen molar-refractivity contribution in [3.05, 3.63) is 52.9 Å². The van der Waals surface area contributed by atoms with E-state index in [2.05, 4.69) is 10.3 Å². The van der Waals surface area contributed by atoms with E-state index in [1.165, 1.54) is 18.2 Å². The van der Waals surface area contributed by atoms with Gasteiger partial charge in [-0.2, -0.15) is 18.4 Å². The summed E-state index contributed by atoms with van der Waals surface area (Å²) >= 11 is 0. The van der Waals surface area contributed by atoms with Gasteiger partial charge in [0.15, 0.2) is 5.88 Å². The molecule has 3 N–H and O–H groups in total. The van der Waals surface area contributed by atoms with Crippen molar-refractivity contribution in [1.82, 2.24) is 14.7 Å². The highest BCUT2D eigenvalue weighted by Crippen LogP contribution is 2.31. The van der Waals surface area contributed by atoms with E-state index >= 15 is 0 Å². The molecule has 0 saturated carbocycles. The number of amides is 1. The lowest BCUT2D eigenvalue weighted by Crippen LogP contribution is -2.28. The van der Waals surface area contributed by atoms with Gasteiger partial charge in [-0.25, -0.2) is 9.78 Å². The number of allylic oxidation sites excluding steroid dienone is 2. The van der Waals surface area contributed by atoms with Crippen LogP contribution in [0.1, 0.15) is 40.2 Å². The van der Waals surface area contributed by atoms with Crippen molar-refractivity contribution in [2.45, 2.75) is 25.4 Å².